The molecular weight excluding hydrogens is 386 g/mol. The van der Waals surface area contributed by atoms with Gasteiger partial charge in [-0.3, -0.25) is 14.9 Å². The number of carbonyl (C=O) groups excluding carboxylic acids is 2. The molecule has 1 unspecified atom stereocenters. The zero-order valence-electron chi connectivity index (χ0n) is 16.8. The smallest absolute Gasteiger partial charge is 0.255 e. The van der Waals surface area contributed by atoms with E-state index in [1.54, 1.807) is 0 Å². The van der Waals surface area contributed by atoms with Crippen molar-refractivity contribution in [3.05, 3.63) is 10.6 Å². The van der Waals surface area contributed by atoms with Crippen molar-refractivity contribution in [2.75, 3.05) is 18.5 Å². The lowest BCUT2D eigenvalue weighted by Crippen LogP contribution is -2.55. The van der Waals surface area contributed by atoms with Crippen LogP contribution in [-0.2, 0) is 27.3 Å². The number of nitrogens with one attached hydrogen (secondary N) is 1. The Morgan fingerprint density at radius 3 is 2.52 bits per heavy atom. The summed E-state index contributed by atoms with van der Waals surface area (Å²) in [5.74, 6) is 2.67. The second-order valence-corrected chi connectivity index (χ2v) is 11.1. The van der Waals surface area contributed by atoms with Crippen LogP contribution in [0.15, 0.2) is 0 Å². The van der Waals surface area contributed by atoms with Crippen LogP contribution in [-0.4, -0.2) is 41.0 Å². The Bertz CT molecular complexity index is 809. The van der Waals surface area contributed by atoms with Crippen LogP contribution in [0.25, 0.3) is 0 Å². The zero-order chi connectivity index (χ0) is 19.6. The number of fused-ring (bicyclic) bond motifs is 1. The Morgan fingerprint density at radius 1 is 1.14 bits per heavy atom. The minimum atomic E-state index is -0.343. The van der Waals surface area contributed by atoms with Gasteiger partial charge in [-0.15, -0.1) is 0 Å². The van der Waals surface area contributed by atoms with Gasteiger partial charge < -0.3 is 9.64 Å². The fraction of sp³-hybridized carbons (Fsp3) is 0.773. The first-order valence-corrected chi connectivity index (χ1v) is 12.1. The highest BCUT2D eigenvalue weighted by atomic mass is 32.1. The monoisotopic (exact) mass is 415 g/mol. The maximum atomic E-state index is 13.6. The zero-order valence-corrected chi connectivity index (χ0v) is 17.6. The standard InChI is InChI=1S/C22H29N3O3S/c26-19(17-2-1-5-28-17)24-21-23-16-3-4-25(12-18(16)29-21)20(27)22-9-13-6-14(10-22)8-15(7-13)11-22/h13-15,17H,1-12H2,(H,23,24,26). The number of hydrogen-bond donors (Lipinski definition) is 1. The summed E-state index contributed by atoms with van der Waals surface area (Å²) in [6.07, 6.45) is 9.60. The lowest BCUT2D eigenvalue weighted by atomic mass is 9.49. The SMILES string of the molecule is O=C(Nc1nc2c(s1)CN(C(=O)C13CC4CC(CC(C4)C1)C3)CC2)C1CCCO1. The van der Waals surface area contributed by atoms with Crippen LogP contribution in [0.3, 0.4) is 0 Å². The average Bonchev–Trinajstić information content (AvgIpc) is 3.35. The number of thiazole rings is 1. The Balaban J connectivity index is 1.16. The maximum Gasteiger partial charge on any atom is 0.255 e. The third-order valence-electron chi connectivity index (χ3n) is 7.96. The normalized spacial score (nSPS) is 37.6. The van der Waals surface area contributed by atoms with Crippen LogP contribution >= 0.6 is 11.3 Å². The van der Waals surface area contributed by atoms with Gasteiger partial charge >= 0.3 is 0 Å². The van der Waals surface area contributed by atoms with E-state index < -0.39 is 0 Å². The highest BCUT2D eigenvalue weighted by Crippen LogP contribution is 2.60. The maximum absolute atomic E-state index is 13.6. The Kier molecular flexibility index (Phi) is 4.28. The summed E-state index contributed by atoms with van der Waals surface area (Å²) in [5.41, 5.74) is 0.973. The van der Waals surface area contributed by atoms with Crippen molar-refractivity contribution in [1.29, 1.82) is 0 Å². The minimum Gasteiger partial charge on any atom is -0.368 e. The van der Waals surface area contributed by atoms with Gasteiger partial charge in [-0.25, -0.2) is 4.98 Å². The van der Waals surface area contributed by atoms with E-state index in [4.69, 9.17) is 4.74 Å². The van der Waals surface area contributed by atoms with Crippen molar-refractivity contribution < 1.29 is 14.3 Å². The summed E-state index contributed by atoms with van der Waals surface area (Å²) in [7, 11) is 0. The lowest BCUT2D eigenvalue weighted by molar-refractivity contribution is -0.158. The van der Waals surface area contributed by atoms with Crippen molar-refractivity contribution in [3.8, 4) is 0 Å². The molecular formula is C22H29N3O3S. The largest absolute Gasteiger partial charge is 0.368 e. The molecule has 7 rings (SSSR count). The van der Waals surface area contributed by atoms with Gasteiger partial charge in [0.05, 0.1) is 17.7 Å². The molecule has 156 valence electrons. The van der Waals surface area contributed by atoms with E-state index in [2.05, 4.69) is 15.2 Å². The first-order chi connectivity index (χ1) is 14.1. The van der Waals surface area contributed by atoms with Crippen molar-refractivity contribution in [2.45, 2.75) is 70.4 Å². The molecule has 1 atom stereocenters. The first kappa shape index (κ1) is 18.3. The predicted molar refractivity (Wildman–Crippen MR) is 109 cm³/mol. The lowest BCUT2D eigenvalue weighted by Gasteiger charge is -2.56. The summed E-state index contributed by atoms with van der Waals surface area (Å²) in [6, 6.07) is 0. The van der Waals surface area contributed by atoms with Crippen molar-refractivity contribution in [2.24, 2.45) is 23.2 Å². The predicted octanol–water partition coefficient (Wildman–Crippen LogP) is 3.36. The van der Waals surface area contributed by atoms with Crippen molar-refractivity contribution in [1.82, 2.24) is 9.88 Å². The number of hydrogen-bond acceptors (Lipinski definition) is 5. The molecule has 6 nitrogen and oxygen atoms in total. The van der Waals surface area contributed by atoms with Gasteiger partial charge in [-0.2, -0.15) is 0 Å². The van der Waals surface area contributed by atoms with Crippen LogP contribution in [0.5, 0.6) is 0 Å². The number of rotatable bonds is 3. The van der Waals surface area contributed by atoms with Crippen LogP contribution in [0.4, 0.5) is 5.13 Å². The quantitative estimate of drug-likeness (QED) is 0.822. The fourth-order valence-electron chi connectivity index (χ4n) is 7.10. The molecule has 2 amide bonds. The molecule has 3 heterocycles. The fourth-order valence-corrected chi connectivity index (χ4v) is 8.13. The highest BCUT2D eigenvalue weighted by Gasteiger charge is 2.55. The third kappa shape index (κ3) is 3.12. The van der Waals surface area contributed by atoms with Gasteiger partial charge in [0.25, 0.3) is 5.91 Å². The van der Waals surface area contributed by atoms with Gasteiger partial charge in [0.1, 0.15) is 6.10 Å². The molecule has 0 aromatic carbocycles. The van der Waals surface area contributed by atoms with E-state index in [-0.39, 0.29) is 17.4 Å². The molecule has 0 radical (unpaired) electrons. The van der Waals surface area contributed by atoms with Crippen LogP contribution in [0.1, 0.15) is 61.9 Å². The molecule has 1 aromatic rings. The molecule has 1 saturated heterocycles. The van der Waals surface area contributed by atoms with Gasteiger partial charge in [0.2, 0.25) is 5.91 Å². The molecule has 7 heteroatoms. The second-order valence-electron chi connectivity index (χ2n) is 10.1. The van der Waals surface area contributed by atoms with Gasteiger partial charge in [0.15, 0.2) is 5.13 Å². The van der Waals surface area contributed by atoms with Gasteiger partial charge in [-0.1, -0.05) is 11.3 Å². The summed E-state index contributed by atoms with van der Waals surface area (Å²) in [4.78, 5) is 33.8. The van der Waals surface area contributed by atoms with E-state index in [0.29, 0.717) is 24.2 Å². The molecule has 1 N–H and O–H groups in total. The molecule has 4 aliphatic carbocycles. The third-order valence-corrected chi connectivity index (χ3v) is 8.96. The number of aromatic nitrogens is 1. The van der Waals surface area contributed by atoms with Gasteiger partial charge in [0, 0.05) is 24.4 Å². The number of anilines is 1. The Hall–Kier alpha value is -1.47. The topological polar surface area (TPSA) is 71.5 Å². The average molecular weight is 416 g/mol. The second kappa shape index (κ2) is 6.77. The van der Waals surface area contributed by atoms with Crippen LogP contribution in [0.2, 0.25) is 0 Å². The van der Waals surface area contributed by atoms with E-state index >= 15 is 0 Å². The van der Waals surface area contributed by atoms with Crippen LogP contribution in [0, 0.1) is 23.2 Å². The molecule has 6 aliphatic rings. The molecule has 4 bridgehead atoms. The van der Waals surface area contributed by atoms with Crippen molar-refractivity contribution >= 4 is 28.3 Å². The number of nitrogens with zero attached hydrogens (tertiary/aromatic N) is 2. The molecule has 2 aliphatic heterocycles. The molecule has 0 spiro atoms. The van der Waals surface area contributed by atoms with Gasteiger partial charge in [-0.05, 0) is 69.1 Å². The Morgan fingerprint density at radius 2 is 1.86 bits per heavy atom. The van der Waals surface area contributed by atoms with Crippen molar-refractivity contribution in [3.63, 3.8) is 0 Å². The minimum absolute atomic E-state index is 0.0756. The van der Waals surface area contributed by atoms with E-state index in [1.165, 1.54) is 30.6 Å². The molecule has 29 heavy (non-hydrogen) atoms. The number of carbonyl (C=O) groups is 2. The summed E-state index contributed by atoms with van der Waals surface area (Å²) < 4.78 is 5.47. The first-order valence-electron chi connectivity index (χ1n) is 11.3. The van der Waals surface area contributed by atoms with Crippen LogP contribution < -0.4 is 5.32 Å². The summed E-state index contributed by atoms with van der Waals surface area (Å²) in [6.45, 7) is 2.08. The van der Waals surface area contributed by atoms with E-state index in [1.807, 2.05) is 0 Å². The number of ether oxygens (including phenoxy) is 1. The molecule has 1 aromatic heterocycles. The highest BCUT2D eigenvalue weighted by molar-refractivity contribution is 7.15. The molecule has 4 saturated carbocycles. The van der Waals surface area contributed by atoms with E-state index in [9.17, 15) is 9.59 Å². The summed E-state index contributed by atoms with van der Waals surface area (Å²) >= 11 is 1.53. The molecule has 5 fully saturated rings. The summed E-state index contributed by atoms with van der Waals surface area (Å²) in [5, 5.41) is 3.59. The number of amides is 2. The Labute approximate surface area is 175 Å². The van der Waals surface area contributed by atoms with E-state index in [0.717, 1.165) is 73.4 Å².